The second kappa shape index (κ2) is 5.89. The number of hydrogen-bond acceptors (Lipinski definition) is 6. The molecule has 0 amide bonds. The van der Waals surface area contributed by atoms with Crippen LogP contribution in [0.1, 0.15) is 33.1 Å². The minimum absolute atomic E-state index is 0.00218. The summed E-state index contributed by atoms with van der Waals surface area (Å²) in [7, 11) is 0. The molecule has 0 aliphatic carbocycles. The molecule has 8 heteroatoms. The predicted octanol–water partition coefficient (Wildman–Crippen LogP) is -1.10. The van der Waals surface area contributed by atoms with Crippen LogP contribution in [0.4, 0.5) is 0 Å². The van der Waals surface area contributed by atoms with E-state index < -0.39 is 34.6 Å². The summed E-state index contributed by atoms with van der Waals surface area (Å²) in [6, 6.07) is 0. The fourth-order valence-electron chi connectivity index (χ4n) is 1.17. The SMILES string of the molecule is C[C@@](N)(C(=O)O)C(=O)CCCC(=O)[C@](C)(N)C(=O)O. The summed E-state index contributed by atoms with van der Waals surface area (Å²) in [4.78, 5) is 44.4. The Bertz CT molecular complexity index is 375. The highest BCUT2D eigenvalue weighted by molar-refractivity contribution is 6.08. The van der Waals surface area contributed by atoms with E-state index in [1.807, 2.05) is 0 Å². The van der Waals surface area contributed by atoms with E-state index in [1.165, 1.54) is 0 Å². The monoisotopic (exact) mass is 274 g/mol. The molecule has 0 saturated carbocycles. The Morgan fingerprint density at radius 3 is 1.32 bits per heavy atom. The Kier molecular flexibility index (Phi) is 5.34. The highest BCUT2D eigenvalue weighted by atomic mass is 16.4. The van der Waals surface area contributed by atoms with Crippen LogP contribution >= 0.6 is 0 Å². The first-order valence-corrected chi connectivity index (χ1v) is 5.55. The lowest BCUT2D eigenvalue weighted by atomic mass is 9.90. The van der Waals surface area contributed by atoms with E-state index in [9.17, 15) is 19.2 Å². The molecule has 8 nitrogen and oxygen atoms in total. The molecule has 0 aromatic heterocycles. The number of carbonyl (C=O) groups excluding carboxylic acids is 2. The van der Waals surface area contributed by atoms with Crippen molar-refractivity contribution in [3.05, 3.63) is 0 Å². The van der Waals surface area contributed by atoms with Crippen molar-refractivity contribution in [3.8, 4) is 0 Å². The zero-order valence-corrected chi connectivity index (χ0v) is 10.8. The molecule has 0 spiro atoms. The summed E-state index contributed by atoms with van der Waals surface area (Å²) >= 11 is 0. The van der Waals surface area contributed by atoms with Crippen molar-refractivity contribution in [1.29, 1.82) is 0 Å². The second-order valence-electron chi connectivity index (χ2n) is 4.71. The van der Waals surface area contributed by atoms with Crippen LogP contribution in [0.5, 0.6) is 0 Å². The summed E-state index contributed by atoms with van der Waals surface area (Å²) < 4.78 is 0. The zero-order chi connectivity index (χ0) is 15.4. The van der Waals surface area contributed by atoms with Gasteiger partial charge in [-0.3, -0.25) is 9.59 Å². The summed E-state index contributed by atoms with van der Waals surface area (Å²) in [5.41, 5.74) is 6.58. The first-order valence-electron chi connectivity index (χ1n) is 5.55. The topological polar surface area (TPSA) is 161 Å². The third-order valence-electron chi connectivity index (χ3n) is 2.85. The normalized spacial score (nSPS) is 17.1. The quantitative estimate of drug-likeness (QED) is 0.405. The first-order chi connectivity index (χ1) is 8.44. The zero-order valence-electron chi connectivity index (χ0n) is 10.8. The van der Waals surface area contributed by atoms with E-state index in [2.05, 4.69) is 0 Å². The molecule has 0 unspecified atom stereocenters. The van der Waals surface area contributed by atoms with Crippen molar-refractivity contribution in [2.24, 2.45) is 11.5 Å². The number of nitrogens with two attached hydrogens (primary N) is 2. The largest absolute Gasteiger partial charge is 0.480 e. The lowest BCUT2D eigenvalue weighted by Crippen LogP contribution is -2.53. The highest BCUT2D eigenvalue weighted by Gasteiger charge is 2.38. The Morgan fingerprint density at radius 1 is 0.842 bits per heavy atom. The van der Waals surface area contributed by atoms with Crippen LogP contribution in [0.15, 0.2) is 0 Å². The molecular weight excluding hydrogens is 256 g/mol. The van der Waals surface area contributed by atoms with Crippen LogP contribution in [0.3, 0.4) is 0 Å². The predicted molar refractivity (Wildman–Crippen MR) is 64.3 cm³/mol. The van der Waals surface area contributed by atoms with Crippen LogP contribution in [-0.2, 0) is 19.2 Å². The van der Waals surface area contributed by atoms with E-state index in [0.29, 0.717) is 0 Å². The fraction of sp³-hybridized carbons (Fsp3) is 0.636. The molecular formula is C11H18N2O6. The Balaban J connectivity index is 4.41. The van der Waals surface area contributed by atoms with Gasteiger partial charge in [-0.25, -0.2) is 9.59 Å². The van der Waals surface area contributed by atoms with Gasteiger partial charge in [-0.05, 0) is 20.3 Å². The molecule has 6 N–H and O–H groups in total. The molecule has 0 rings (SSSR count). The van der Waals surface area contributed by atoms with E-state index >= 15 is 0 Å². The van der Waals surface area contributed by atoms with Gasteiger partial charge in [0.25, 0.3) is 0 Å². The second-order valence-corrected chi connectivity index (χ2v) is 4.71. The molecule has 0 aromatic carbocycles. The molecule has 0 aliphatic heterocycles. The van der Waals surface area contributed by atoms with Crippen LogP contribution in [0.25, 0.3) is 0 Å². The van der Waals surface area contributed by atoms with Crippen molar-refractivity contribution in [2.75, 3.05) is 0 Å². The maximum absolute atomic E-state index is 11.5. The van der Waals surface area contributed by atoms with Crippen LogP contribution in [-0.4, -0.2) is 44.8 Å². The van der Waals surface area contributed by atoms with Crippen LogP contribution in [0.2, 0.25) is 0 Å². The summed E-state index contributed by atoms with van der Waals surface area (Å²) in [5, 5.41) is 17.4. The number of carboxylic acid groups (broad SMARTS) is 2. The number of carbonyl (C=O) groups is 4. The number of carboxylic acids is 2. The third kappa shape index (κ3) is 4.11. The Labute approximate surface area is 109 Å². The maximum Gasteiger partial charge on any atom is 0.331 e. The van der Waals surface area contributed by atoms with Crippen LogP contribution in [0, 0.1) is 0 Å². The van der Waals surface area contributed by atoms with Crippen molar-refractivity contribution < 1.29 is 29.4 Å². The standard InChI is InChI=1S/C11H18N2O6/c1-10(12,8(16)17)6(14)4-3-5-7(15)11(2,13)9(18)19/h3-5,12-13H2,1-2H3,(H,16,17)(H,18,19)/t10-,11-/m0/s1. The van der Waals surface area contributed by atoms with Gasteiger partial charge in [0.1, 0.15) is 0 Å². The molecule has 0 heterocycles. The summed E-state index contributed by atoms with van der Waals surface area (Å²) in [5.74, 6) is -4.39. The number of rotatable bonds is 8. The van der Waals surface area contributed by atoms with Crippen LogP contribution < -0.4 is 11.5 Å². The molecule has 0 saturated heterocycles. The molecule has 2 atom stereocenters. The number of ketones is 2. The first kappa shape index (κ1) is 17.2. The fourth-order valence-corrected chi connectivity index (χ4v) is 1.17. The third-order valence-corrected chi connectivity index (χ3v) is 2.85. The molecule has 108 valence electrons. The number of aliphatic carboxylic acids is 2. The van der Waals surface area contributed by atoms with Crippen molar-refractivity contribution >= 4 is 23.5 Å². The Hall–Kier alpha value is -1.80. The average Bonchev–Trinajstić information content (AvgIpc) is 2.27. The highest BCUT2D eigenvalue weighted by Crippen LogP contribution is 2.12. The maximum atomic E-state index is 11.5. The molecule has 0 aromatic rings. The summed E-state index contributed by atoms with van der Waals surface area (Å²) in [6.45, 7) is 2.12. The average molecular weight is 274 g/mol. The van der Waals surface area contributed by atoms with Gasteiger partial charge in [0.2, 0.25) is 0 Å². The van der Waals surface area contributed by atoms with E-state index in [0.717, 1.165) is 13.8 Å². The molecule has 0 radical (unpaired) electrons. The molecule has 0 aliphatic rings. The van der Waals surface area contributed by atoms with Crippen molar-refractivity contribution in [2.45, 2.75) is 44.2 Å². The van der Waals surface area contributed by atoms with Gasteiger partial charge in [-0.1, -0.05) is 0 Å². The van der Waals surface area contributed by atoms with Gasteiger partial charge in [-0.2, -0.15) is 0 Å². The molecule has 0 bridgehead atoms. The molecule has 0 fully saturated rings. The lowest BCUT2D eigenvalue weighted by Gasteiger charge is -2.19. The molecule has 19 heavy (non-hydrogen) atoms. The van der Waals surface area contributed by atoms with Crippen molar-refractivity contribution in [3.63, 3.8) is 0 Å². The van der Waals surface area contributed by atoms with E-state index in [-0.39, 0.29) is 19.3 Å². The summed E-state index contributed by atoms with van der Waals surface area (Å²) in [6.07, 6.45) is -0.473. The van der Waals surface area contributed by atoms with Gasteiger partial charge in [-0.15, -0.1) is 0 Å². The van der Waals surface area contributed by atoms with E-state index in [1.54, 1.807) is 0 Å². The van der Waals surface area contributed by atoms with E-state index in [4.69, 9.17) is 21.7 Å². The number of hydrogen-bond donors (Lipinski definition) is 4. The smallest absolute Gasteiger partial charge is 0.331 e. The van der Waals surface area contributed by atoms with Gasteiger partial charge < -0.3 is 21.7 Å². The van der Waals surface area contributed by atoms with Gasteiger partial charge in [0.15, 0.2) is 22.6 Å². The van der Waals surface area contributed by atoms with Gasteiger partial charge in [0, 0.05) is 12.8 Å². The van der Waals surface area contributed by atoms with Gasteiger partial charge in [0.05, 0.1) is 0 Å². The Morgan fingerprint density at radius 2 is 1.11 bits per heavy atom. The lowest BCUT2D eigenvalue weighted by molar-refractivity contribution is -0.148. The minimum Gasteiger partial charge on any atom is -0.480 e. The van der Waals surface area contributed by atoms with Gasteiger partial charge >= 0.3 is 11.9 Å². The minimum atomic E-state index is -2.01. The number of Topliss-reactive ketones (excluding diaryl/α,β-unsaturated/α-hetero) is 2. The van der Waals surface area contributed by atoms with Crippen molar-refractivity contribution in [1.82, 2.24) is 0 Å².